The molecule has 1 aromatic rings. The number of nitrogens with one attached hydrogen (secondary N) is 2. The normalized spacial score (nSPS) is 16.8. The zero-order valence-corrected chi connectivity index (χ0v) is 16.5. The second kappa shape index (κ2) is 9.97. The SMILES string of the molecule is CCOC(=O)C1=C(CN(C)CCOc2ccccc2C)NC(=O)NC1CC. The van der Waals surface area contributed by atoms with E-state index in [1.165, 1.54) is 0 Å². The van der Waals surface area contributed by atoms with Gasteiger partial charge in [0.1, 0.15) is 12.4 Å². The van der Waals surface area contributed by atoms with E-state index >= 15 is 0 Å². The van der Waals surface area contributed by atoms with Crippen molar-refractivity contribution in [2.75, 3.05) is 33.4 Å². The minimum absolute atomic E-state index is 0.292. The highest BCUT2D eigenvalue weighted by atomic mass is 16.5. The fourth-order valence-corrected chi connectivity index (χ4v) is 2.97. The molecule has 2 amide bonds. The standard InChI is InChI=1S/C20H29N3O4/c1-5-15-18(19(24)26-6-2)16(22-20(25)21-15)13-23(4)11-12-27-17-10-8-7-9-14(17)3/h7-10,15H,5-6,11-13H2,1-4H3,(H2,21,22,25). The summed E-state index contributed by atoms with van der Waals surface area (Å²) < 4.78 is 11.0. The van der Waals surface area contributed by atoms with Crippen LogP contribution in [0.5, 0.6) is 5.75 Å². The Labute approximate surface area is 160 Å². The van der Waals surface area contributed by atoms with E-state index in [2.05, 4.69) is 10.6 Å². The van der Waals surface area contributed by atoms with Crippen molar-refractivity contribution >= 4 is 12.0 Å². The first-order valence-electron chi connectivity index (χ1n) is 9.30. The highest BCUT2D eigenvalue weighted by molar-refractivity contribution is 5.94. The summed E-state index contributed by atoms with van der Waals surface area (Å²) in [5.74, 6) is 0.468. The second-order valence-electron chi connectivity index (χ2n) is 6.52. The van der Waals surface area contributed by atoms with E-state index in [0.29, 0.717) is 44.0 Å². The number of para-hydroxylation sites is 1. The maximum atomic E-state index is 12.4. The number of carbonyl (C=O) groups excluding carboxylic acids is 2. The Morgan fingerprint density at radius 1 is 1.26 bits per heavy atom. The first-order valence-corrected chi connectivity index (χ1v) is 9.30. The lowest BCUT2D eigenvalue weighted by atomic mass is 10.00. The van der Waals surface area contributed by atoms with E-state index < -0.39 is 5.97 Å². The number of amides is 2. The van der Waals surface area contributed by atoms with Gasteiger partial charge in [-0.15, -0.1) is 0 Å². The maximum absolute atomic E-state index is 12.4. The molecule has 0 aromatic heterocycles. The molecule has 0 bridgehead atoms. The quantitative estimate of drug-likeness (QED) is 0.647. The van der Waals surface area contributed by atoms with Crippen molar-refractivity contribution in [1.29, 1.82) is 0 Å². The summed E-state index contributed by atoms with van der Waals surface area (Å²) in [6.07, 6.45) is 0.616. The van der Waals surface area contributed by atoms with Gasteiger partial charge in [-0.25, -0.2) is 9.59 Å². The molecular formula is C20H29N3O4. The number of rotatable bonds is 9. The second-order valence-corrected chi connectivity index (χ2v) is 6.52. The lowest BCUT2D eigenvalue weighted by Crippen LogP contribution is -2.52. The summed E-state index contributed by atoms with van der Waals surface area (Å²) in [6, 6.07) is 7.22. The number of ether oxygens (including phenoxy) is 2. The van der Waals surface area contributed by atoms with Gasteiger partial charge in [-0.05, 0) is 38.9 Å². The highest BCUT2D eigenvalue weighted by Crippen LogP contribution is 2.18. The Kier molecular flexibility index (Phi) is 7.67. The van der Waals surface area contributed by atoms with Crippen molar-refractivity contribution in [2.45, 2.75) is 33.2 Å². The maximum Gasteiger partial charge on any atom is 0.337 e. The van der Waals surface area contributed by atoms with Crippen LogP contribution in [0.25, 0.3) is 0 Å². The third-order valence-corrected chi connectivity index (χ3v) is 4.40. The zero-order chi connectivity index (χ0) is 19.8. The Bertz CT molecular complexity index is 702. The van der Waals surface area contributed by atoms with Gasteiger partial charge >= 0.3 is 12.0 Å². The first kappa shape index (κ1) is 20.8. The summed E-state index contributed by atoms with van der Waals surface area (Å²) in [5, 5.41) is 5.54. The number of hydrogen-bond donors (Lipinski definition) is 2. The number of nitrogens with zero attached hydrogens (tertiary/aromatic N) is 1. The Morgan fingerprint density at radius 2 is 2.00 bits per heavy atom. The monoisotopic (exact) mass is 375 g/mol. The largest absolute Gasteiger partial charge is 0.492 e. The van der Waals surface area contributed by atoms with Crippen LogP contribution in [0.1, 0.15) is 25.8 Å². The van der Waals surface area contributed by atoms with Crippen LogP contribution in [0.2, 0.25) is 0 Å². The van der Waals surface area contributed by atoms with Gasteiger partial charge in [-0.2, -0.15) is 0 Å². The van der Waals surface area contributed by atoms with Gasteiger partial charge in [0.05, 0.1) is 18.2 Å². The van der Waals surface area contributed by atoms with Crippen LogP contribution < -0.4 is 15.4 Å². The smallest absolute Gasteiger partial charge is 0.337 e. The van der Waals surface area contributed by atoms with Crippen molar-refractivity contribution < 1.29 is 19.1 Å². The summed E-state index contributed by atoms with van der Waals surface area (Å²) >= 11 is 0. The van der Waals surface area contributed by atoms with E-state index in [9.17, 15) is 9.59 Å². The minimum atomic E-state index is -0.392. The summed E-state index contributed by atoms with van der Waals surface area (Å²) in [5.41, 5.74) is 2.16. The van der Waals surface area contributed by atoms with Gasteiger partial charge in [0.25, 0.3) is 0 Å². The van der Waals surface area contributed by atoms with E-state index in [1.54, 1.807) is 6.92 Å². The van der Waals surface area contributed by atoms with Crippen molar-refractivity contribution in [3.63, 3.8) is 0 Å². The first-order chi connectivity index (χ1) is 13.0. The third kappa shape index (κ3) is 5.72. The number of aryl methyl sites for hydroxylation is 1. The van der Waals surface area contributed by atoms with Gasteiger partial charge in [0.2, 0.25) is 0 Å². The molecule has 0 spiro atoms. The summed E-state index contributed by atoms with van der Waals surface area (Å²) in [7, 11) is 1.92. The Balaban J connectivity index is 2.02. The molecule has 7 nitrogen and oxygen atoms in total. The molecule has 0 saturated heterocycles. The summed E-state index contributed by atoms with van der Waals surface area (Å²) in [6.45, 7) is 7.57. The molecule has 27 heavy (non-hydrogen) atoms. The predicted octanol–water partition coefficient (Wildman–Crippen LogP) is 2.21. The number of carbonyl (C=O) groups is 2. The highest BCUT2D eigenvalue weighted by Gasteiger charge is 2.31. The van der Waals surface area contributed by atoms with E-state index in [1.807, 2.05) is 50.1 Å². The molecule has 2 rings (SSSR count). The fraction of sp³-hybridized carbons (Fsp3) is 0.500. The van der Waals surface area contributed by atoms with Crippen LogP contribution in [0.4, 0.5) is 4.79 Å². The lowest BCUT2D eigenvalue weighted by Gasteiger charge is -2.30. The molecule has 1 aliphatic rings. The number of benzene rings is 1. The minimum Gasteiger partial charge on any atom is -0.492 e. The summed E-state index contributed by atoms with van der Waals surface area (Å²) in [4.78, 5) is 26.3. The van der Waals surface area contributed by atoms with E-state index in [4.69, 9.17) is 9.47 Å². The van der Waals surface area contributed by atoms with Gasteiger partial charge in [0.15, 0.2) is 0 Å². The van der Waals surface area contributed by atoms with Gasteiger partial charge in [-0.1, -0.05) is 25.1 Å². The molecule has 7 heteroatoms. The van der Waals surface area contributed by atoms with Crippen LogP contribution in [0.15, 0.2) is 35.5 Å². The molecule has 1 unspecified atom stereocenters. The van der Waals surface area contributed by atoms with Crippen molar-refractivity contribution in [1.82, 2.24) is 15.5 Å². The molecule has 1 heterocycles. The lowest BCUT2D eigenvalue weighted by molar-refractivity contribution is -0.139. The fourth-order valence-electron chi connectivity index (χ4n) is 2.97. The van der Waals surface area contributed by atoms with Crippen LogP contribution in [0, 0.1) is 6.92 Å². The average Bonchev–Trinajstić information content (AvgIpc) is 2.62. The molecule has 0 fully saturated rings. The predicted molar refractivity (Wildman–Crippen MR) is 104 cm³/mol. The Morgan fingerprint density at radius 3 is 2.67 bits per heavy atom. The van der Waals surface area contributed by atoms with Gasteiger partial charge in [-0.3, -0.25) is 4.90 Å². The third-order valence-electron chi connectivity index (χ3n) is 4.40. The van der Waals surface area contributed by atoms with Crippen molar-refractivity contribution in [3.8, 4) is 5.75 Å². The molecule has 1 aromatic carbocycles. The van der Waals surface area contributed by atoms with Gasteiger partial charge < -0.3 is 20.1 Å². The van der Waals surface area contributed by atoms with Crippen LogP contribution >= 0.6 is 0 Å². The number of esters is 1. The molecule has 1 atom stereocenters. The number of likely N-dealkylation sites (N-methyl/N-ethyl adjacent to an activating group) is 1. The number of hydrogen-bond acceptors (Lipinski definition) is 5. The molecule has 0 radical (unpaired) electrons. The van der Waals surface area contributed by atoms with Crippen molar-refractivity contribution in [2.24, 2.45) is 0 Å². The van der Waals surface area contributed by atoms with Crippen LogP contribution in [-0.2, 0) is 9.53 Å². The van der Waals surface area contributed by atoms with Gasteiger partial charge in [0, 0.05) is 18.8 Å². The average molecular weight is 375 g/mol. The van der Waals surface area contributed by atoms with E-state index in [0.717, 1.165) is 11.3 Å². The number of urea groups is 1. The molecule has 2 N–H and O–H groups in total. The molecular weight excluding hydrogens is 346 g/mol. The van der Waals surface area contributed by atoms with Crippen LogP contribution in [0.3, 0.4) is 0 Å². The Hall–Kier alpha value is -2.54. The van der Waals surface area contributed by atoms with Crippen molar-refractivity contribution in [3.05, 3.63) is 41.1 Å². The molecule has 0 saturated carbocycles. The van der Waals surface area contributed by atoms with Crippen LogP contribution in [-0.4, -0.2) is 56.3 Å². The van der Waals surface area contributed by atoms with E-state index in [-0.39, 0.29) is 12.1 Å². The zero-order valence-electron chi connectivity index (χ0n) is 16.5. The topological polar surface area (TPSA) is 79.9 Å². The molecule has 0 aliphatic carbocycles. The molecule has 148 valence electrons. The molecule has 1 aliphatic heterocycles.